The van der Waals surface area contributed by atoms with Gasteiger partial charge >= 0.3 is 0 Å². The molecule has 0 saturated carbocycles. The number of hydrogen-bond donors (Lipinski definition) is 1. The minimum atomic E-state index is 0.277. The molecule has 0 amide bonds. The Morgan fingerprint density at radius 1 is 1.12 bits per heavy atom. The second-order valence-corrected chi connectivity index (χ2v) is 5.74. The summed E-state index contributed by atoms with van der Waals surface area (Å²) in [5.74, 6) is 2.41. The predicted molar refractivity (Wildman–Crippen MR) is 95.9 cm³/mol. The fourth-order valence-corrected chi connectivity index (χ4v) is 2.33. The molecular weight excluding hydrogens is 338 g/mol. The lowest BCUT2D eigenvalue weighted by Crippen LogP contribution is -1.99. The molecule has 25 heavy (non-hydrogen) atoms. The van der Waals surface area contributed by atoms with Crippen LogP contribution in [-0.2, 0) is 13.0 Å². The minimum absolute atomic E-state index is 0.277. The van der Waals surface area contributed by atoms with Crippen LogP contribution in [0.25, 0.3) is 0 Å². The van der Waals surface area contributed by atoms with E-state index in [2.05, 4.69) is 10.3 Å². The maximum atomic E-state index is 9.08. The quantitative estimate of drug-likeness (QED) is 0.662. The van der Waals surface area contributed by atoms with Crippen LogP contribution in [0, 0.1) is 11.3 Å². The zero-order chi connectivity index (χ0) is 17.6. The van der Waals surface area contributed by atoms with Gasteiger partial charge in [0.05, 0.1) is 0 Å². The van der Waals surface area contributed by atoms with Gasteiger partial charge in [-0.05, 0) is 42.0 Å². The highest BCUT2D eigenvalue weighted by Crippen LogP contribution is 2.24. The van der Waals surface area contributed by atoms with E-state index in [4.69, 9.17) is 26.0 Å². The number of aryl methyl sites for hydroxylation is 1. The van der Waals surface area contributed by atoms with Crippen molar-refractivity contribution >= 4 is 17.5 Å². The summed E-state index contributed by atoms with van der Waals surface area (Å²) in [5, 5.41) is 12.9. The van der Waals surface area contributed by atoms with Crippen LogP contribution in [0.4, 0.5) is 5.88 Å². The summed E-state index contributed by atoms with van der Waals surface area (Å²) in [6.45, 7) is 2.45. The Hall–Kier alpha value is -2.97. The molecule has 0 spiro atoms. The molecule has 5 nitrogen and oxygen atoms in total. The summed E-state index contributed by atoms with van der Waals surface area (Å²) in [5.41, 5.74) is 1.31. The van der Waals surface area contributed by atoms with Crippen molar-refractivity contribution in [3.63, 3.8) is 0 Å². The molecule has 0 saturated heterocycles. The molecule has 1 N–H and O–H groups in total. The molecule has 0 aliphatic heterocycles. The predicted octanol–water partition coefficient (Wildman–Crippen LogP) is 5.17. The number of anilines is 1. The van der Waals surface area contributed by atoms with Gasteiger partial charge in [0.1, 0.15) is 17.6 Å². The summed E-state index contributed by atoms with van der Waals surface area (Å²) in [7, 11) is 0. The summed E-state index contributed by atoms with van der Waals surface area (Å²) < 4.78 is 11.3. The third-order valence-electron chi connectivity index (χ3n) is 3.51. The molecule has 0 unspecified atom stereocenters. The number of oxazole rings is 1. The highest BCUT2D eigenvalue weighted by molar-refractivity contribution is 6.30. The van der Waals surface area contributed by atoms with Gasteiger partial charge in [-0.1, -0.05) is 30.7 Å². The van der Waals surface area contributed by atoms with Gasteiger partial charge in [0.15, 0.2) is 5.89 Å². The van der Waals surface area contributed by atoms with Crippen molar-refractivity contribution in [2.75, 3.05) is 5.32 Å². The minimum Gasteiger partial charge on any atom is -0.457 e. The van der Waals surface area contributed by atoms with Crippen LogP contribution in [-0.4, -0.2) is 4.98 Å². The number of ether oxygens (including phenoxy) is 1. The summed E-state index contributed by atoms with van der Waals surface area (Å²) in [6, 6.07) is 16.9. The fraction of sp³-hybridized carbons (Fsp3) is 0.158. The number of aromatic nitrogens is 1. The lowest BCUT2D eigenvalue weighted by atomic mass is 10.2. The topological polar surface area (TPSA) is 71.1 Å². The van der Waals surface area contributed by atoms with Crippen LogP contribution < -0.4 is 10.1 Å². The molecule has 1 aromatic heterocycles. The van der Waals surface area contributed by atoms with Gasteiger partial charge in [-0.2, -0.15) is 5.26 Å². The average Bonchev–Trinajstić information content (AvgIpc) is 3.05. The zero-order valence-corrected chi connectivity index (χ0v) is 14.4. The molecule has 0 atom stereocenters. The number of halogens is 1. The Morgan fingerprint density at radius 2 is 1.76 bits per heavy atom. The van der Waals surface area contributed by atoms with E-state index in [1.165, 1.54) is 0 Å². The third-order valence-corrected chi connectivity index (χ3v) is 3.76. The van der Waals surface area contributed by atoms with Crippen LogP contribution in [0.2, 0.25) is 5.02 Å². The van der Waals surface area contributed by atoms with E-state index in [9.17, 15) is 0 Å². The number of rotatable bonds is 6. The van der Waals surface area contributed by atoms with Crippen molar-refractivity contribution in [2.24, 2.45) is 0 Å². The van der Waals surface area contributed by atoms with Gasteiger partial charge in [0, 0.05) is 18.0 Å². The SMILES string of the molecule is CCc1nc(C#N)c(NCc2ccc(Oc3ccc(Cl)cc3)cc2)o1. The molecule has 0 radical (unpaired) electrons. The molecule has 0 aliphatic carbocycles. The highest BCUT2D eigenvalue weighted by Gasteiger charge is 2.11. The second-order valence-electron chi connectivity index (χ2n) is 5.30. The normalized spacial score (nSPS) is 10.3. The molecule has 2 aromatic carbocycles. The van der Waals surface area contributed by atoms with E-state index in [0.29, 0.717) is 29.8 Å². The standard InChI is InChI=1S/C19H16ClN3O2/c1-2-18-23-17(11-21)19(25-18)22-12-13-3-7-15(8-4-13)24-16-9-5-14(20)6-10-16/h3-10,22H,2,12H2,1H3. The number of nitrogens with one attached hydrogen (secondary N) is 1. The lowest BCUT2D eigenvalue weighted by molar-refractivity contribution is 0.482. The average molecular weight is 354 g/mol. The Morgan fingerprint density at radius 3 is 2.36 bits per heavy atom. The molecule has 0 aliphatic rings. The van der Waals surface area contributed by atoms with E-state index in [-0.39, 0.29) is 5.69 Å². The van der Waals surface area contributed by atoms with Crippen molar-refractivity contribution < 1.29 is 9.15 Å². The van der Waals surface area contributed by atoms with E-state index in [1.54, 1.807) is 12.1 Å². The first kappa shape index (κ1) is 16.9. The molecular formula is C19H16ClN3O2. The molecule has 0 fully saturated rings. The van der Waals surface area contributed by atoms with Gasteiger partial charge in [0.25, 0.3) is 0 Å². The smallest absolute Gasteiger partial charge is 0.232 e. The van der Waals surface area contributed by atoms with E-state index in [1.807, 2.05) is 49.4 Å². The molecule has 0 bridgehead atoms. The Bertz CT molecular complexity index is 881. The van der Waals surface area contributed by atoms with Gasteiger partial charge in [-0.15, -0.1) is 0 Å². The molecule has 126 valence electrons. The van der Waals surface area contributed by atoms with Crippen molar-refractivity contribution in [1.82, 2.24) is 4.98 Å². The summed E-state index contributed by atoms with van der Waals surface area (Å²) >= 11 is 5.86. The fourth-order valence-electron chi connectivity index (χ4n) is 2.21. The summed E-state index contributed by atoms with van der Waals surface area (Å²) in [6.07, 6.45) is 0.646. The van der Waals surface area contributed by atoms with E-state index in [0.717, 1.165) is 17.1 Å². The number of nitriles is 1. The van der Waals surface area contributed by atoms with E-state index < -0.39 is 0 Å². The van der Waals surface area contributed by atoms with Crippen LogP contribution >= 0.6 is 11.6 Å². The first-order chi connectivity index (χ1) is 12.2. The van der Waals surface area contributed by atoms with Crippen molar-refractivity contribution in [2.45, 2.75) is 19.9 Å². The van der Waals surface area contributed by atoms with Crippen molar-refractivity contribution in [3.05, 3.63) is 70.7 Å². The van der Waals surface area contributed by atoms with Crippen molar-refractivity contribution in [1.29, 1.82) is 5.26 Å². The molecule has 1 heterocycles. The molecule has 3 aromatic rings. The summed E-state index contributed by atoms with van der Waals surface area (Å²) in [4.78, 5) is 4.11. The monoisotopic (exact) mass is 353 g/mol. The van der Waals surface area contributed by atoms with Gasteiger partial charge in [-0.25, -0.2) is 4.98 Å². The number of benzene rings is 2. The van der Waals surface area contributed by atoms with Crippen LogP contribution in [0.5, 0.6) is 11.5 Å². The highest BCUT2D eigenvalue weighted by atomic mass is 35.5. The Kier molecular flexibility index (Phi) is 5.22. The first-order valence-corrected chi connectivity index (χ1v) is 8.21. The van der Waals surface area contributed by atoms with Crippen LogP contribution in [0.1, 0.15) is 24.1 Å². The van der Waals surface area contributed by atoms with Gasteiger partial charge in [-0.3, -0.25) is 0 Å². The van der Waals surface area contributed by atoms with Gasteiger partial charge < -0.3 is 14.5 Å². The van der Waals surface area contributed by atoms with Crippen LogP contribution in [0.3, 0.4) is 0 Å². The third kappa shape index (κ3) is 4.31. The zero-order valence-electron chi connectivity index (χ0n) is 13.6. The molecule has 3 rings (SSSR count). The maximum absolute atomic E-state index is 9.08. The lowest BCUT2D eigenvalue weighted by Gasteiger charge is -2.07. The Labute approximate surface area is 150 Å². The number of nitrogens with zero attached hydrogens (tertiary/aromatic N) is 2. The maximum Gasteiger partial charge on any atom is 0.232 e. The largest absolute Gasteiger partial charge is 0.457 e. The second kappa shape index (κ2) is 7.73. The van der Waals surface area contributed by atoms with Crippen molar-refractivity contribution in [3.8, 4) is 17.6 Å². The number of hydrogen-bond acceptors (Lipinski definition) is 5. The molecule has 6 heteroatoms. The Balaban J connectivity index is 1.62. The van der Waals surface area contributed by atoms with Crippen LogP contribution in [0.15, 0.2) is 52.9 Å². The van der Waals surface area contributed by atoms with E-state index >= 15 is 0 Å². The van der Waals surface area contributed by atoms with Gasteiger partial charge in [0.2, 0.25) is 11.6 Å². The first-order valence-electron chi connectivity index (χ1n) is 7.84.